The fraction of sp³-hybridized carbons (Fsp3) is 0.533. The fourth-order valence-electron chi connectivity index (χ4n) is 3.08. The van der Waals surface area contributed by atoms with Crippen molar-refractivity contribution in [3.05, 3.63) is 29.6 Å². The minimum Gasteiger partial charge on any atom is -0.479 e. The number of rotatable bonds is 3. The van der Waals surface area contributed by atoms with E-state index in [4.69, 9.17) is 0 Å². The van der Waals surface area contributed by atoms with Crippen molar-refractivity contribution in [1.29, 1.82) is 0 Å². The zero-order chi connectivity index (χ0) is 14.3. The molecular formula is C15H20FNO2. The average molecular weight is 265 g/mol. The number of anilines is 1. The molecule has 104 valence electrons. The van der Waals surface area contributed by atoms with Crippen molar-refractivity contribution in [1.82, 2.24) is 0 Å². The lowest BCUT2D eigenvalue weighted by molar-refractivity contribution is -0.145. The summed E-state index contributed by atoms with van der Waals surface area (Å²) < 4.78 is 13.4. The van der Waals surface area contributed by atoms with E-state index in [0.717, 1.165) is 18.4 Å². The molecule has 4 heteroatoms. The van der Waals surface area contributed by atoms with E-state index in [1.165, 1.54) is 12.1 Å². The Kier molecular flexibility index (Phi) is 3.29. The Morgan fingerprint density at radius 3 is 2.47 bits per heavy atom. The van der Waals surface area contributed by atoms with Crippen LogP contribution in [-0.2, 0) is 4.79 Å². The highest BCUT2D eigenvalue weighted by Gasteiger charge is 2.54. The first-order valence-electron chi connectivity index (χ1n) is 6.56. The van der Waals surface area contributed by atoms with Crippen LogP contribution < -0.4 is 5.32 Å². The standard InChI is InChI=1S/C15H20FNO2/c1-10-7-11(16)9-12(8-10)17-15(13(18)19)6-4-5-14(15,2)3/h7-9,17H,4-6H2,1-3H3,(H,18,19). The predicted molar refractivity (Wildman–Crippen MR) is 72.8 cm³/mol. The molecule has 1 saturated carbocycles. The second kappa shape index (κ2) is 4.51. The van der Waals surface area contributed by atoms with Crippen LogP contribution in [0.2, 0.25) is 0 Å². The molecule has 1 aliphatic rings. The second-order valence-electron chi connectivity index (χ2n) is 6.09. The van der Waals surface area contributed by atoms with Crippen LogP contribution >= 0.6 is 0 Å². The summed E-state index contributed by atoms with van der Waals surface area (Å²) in [4.78, 5) is 11.8. The van der Waals surface area contributed by atoms with Crippen LogP contribution in [0, 0.1) is 18.2 Å². The van der Waals surface area contributed by atoms with Gasteiger partial charge < -0.3 is 10.4 Å². The molecule has 1 atom stereocenters. The first kappa shape index (κ1) is 13.8. The van der Waals surface area contributed by atoms with Gasteiger partial charge in [0.25, 0.3) is 0 Å². The average Bonchev–Trinajstić information content (AvgIpc) is 2.53. The van der Waals surface area contributed by atoms with Crippen LogP contribution in [0.5, 0.6) is 0 Å². The molecule has 0 spiro atoms. The lowest BCUT2D eigenvalue weighted by Gasteiger charge is -2.39. The molecule has 0 aliphatic heterocycles. The van der Waals surface area contributed by atoms with E-state index < -0.39 is 11.5 Å². The molecule has 1 aliphatic carbocycles. The van der Waals surface area contributed by atoms with Gasteiger partial charge >= 0.3 is 5.97 Å². The van der Waals surface area contributed by atoms with Crippen molar-refractivity contribution < 1.29 is 14.3 Å². The number of carboxylic acids is 1. The van der Waals surface area contributed by atoms with E-state index in [1.807, 2.05) is 13.8 Å². The molecule has 0 heterocycles. The highest BCUT2D eigenvalue weighted by Crippen LogP contribution is 2.48. The number of carbonyl (C=O) groups is 1. The molecule has 0 amide bonds. The molecule has 2 rings (SSSR count). The quantitative estimate of drug-likeness (QED) is 0.878. The van der Waals surface area contributed by atoms with E-state index in [0.29, 0.717) is 12.1 Å². The summed E-state index contributed by atoms with van der Waals surface area (Å²) in [7, 11) is 0. The fourth-order valence-corrected chi connectivity index (χ4v) is 3.08. The summed E-state index contributed by atoms with van der Waals surface area (Å²) in [6.45, 7) is 5.70. The van der Waals surface area contributed by atoms with Crippen molar-refractivity contribution in [2.24, 2.45) is 5.41 Å². The Morgan fingerprint density at radius 2 is 2.00 bits per heavy atom. The Labute approximate surface area is 112 Å². The number of aryl methyl sites for hydroxylation is 1. The predicted octanol–water partition coefficient (Wildman–Crippen LogP) is 3.58. The van der Waals surface area contributed by atoms with Gasteiger partial charge in [0.05, 0.1) is 0 Å². The van der Waals surface area contributed by atoms with Crippen molar-refractivity contribution in [3.63, 3.8) is 0 Å². The Morgan fingerprint density at radius 1 is 1.32 bits per heavy atom. The third-order valence-electron chi connectivity index (χ3n) is 4.27. The first-order valence-corrected chi connectivity index (χ1v) is 6.56. The van der Waals surface area contributed by atoms with Gasteiger partial charge in [0.1, 0.15) is 11.4 Å². The Hall–Kier alpha value is -1.58. The molecule has 1 aromatic rings. The topological polar surface area (TPSA) is 49.3 Å². The highest BCUT2D eigenvalue weighted by atomic mass is 19.1. The third kappa shape index (κ3) is 2.31. The third-order valence-corrected chi connectivity index (χ3v) is 4.27. The molecule has 0 bridgehead atoms. The van der Waals surface area contributed by atoms with Gasteiger partial charge in [-0.15, -0.1) is 0 Å². The molecule has 0 aromatic heterocycles. The van der Waals surface area contributed by atoms with Crippen LogP contribution in [0.1, 0.15) is 38.7 Å². The molecule has 1 unspecified atom stereocenters. The number of carboxylic acid groups (broad SMARTS) is 1. The maximum atomic E-state index is 13.4. The van der Waals surface area contributed by atoms with Crippen LogP contribution in [-0.4, -0.2) is 16.6 Å². The maximum absolute atomic E-state index is 13.4. The van der Waals surface area contributed by atoms with E-state index in [2.05, 4.69) is 5.32 Å². The summed E-state index contributed by atoms with van der Waals surface area (Å²) in [5.74, 6) is -1.21. The highest BCUT2D eigenvalue weighted by molar-refractivity contribution is 5.84. The SMILES string of the molecule is Cc1cc(F)cc(NC2(C(=O)O)CCCC2(C)C)c1. The zero-order valence-corrected chi connectivity index (χ0v) is 11.6. The maximum Gasteiger partial charge on any atom is 0.329 e. The monoisotopic (exact) mass is 265 g/mol. The molecule has 3 nitrogen and oxygen atoms in total. The first-order chi connectivity index (χ1) is 8.77. The largest absolute Gasteiger partial charge is 0.479 e. The zero-order valence-electron chi connectivity index (χ0n) is 11.6. The summed E-state index contributed by atoms with van der Waals surface area (Å²) in [6.07, 6.45) is 2.27. The van der Waals surface area contributed by atoms with Gasteiger partial charge in [-0.25, -0.2) is 9.18 Å². The van der Waals surface area contributed by atoms with E-state index in [9.17, 15) is 14.3 Å². The van der Waals surface area contributed by atoms with Crippen LogP contribution in [0.25, 0.3) is 0 Å². The second-order valence-corrected chi connectivity index (χ2v) is 6.09. The van der Waals surface area contributed by atoms with Crippen molar-refractivity contribution in [2.75, 3.05) is 5.32 Å². The lowest BCUT2D eigenvalue weighted by atomic mass is 9.74. The van der Waals surface area contributed by atoms with Gasteiger partial charge in [0, 0.05) is 5.69 Å². The number of benzene rings is 1. The number of aliphatic carboxylic acids is 1. The van der Waals surface area contributed by atoms with Gasteiger partial charge in [0.2, 0.25) is 0 Å². The van der Waals surface area contributed by atoms with E-state index >= 15 is 0 Å². The number of halogens is 1. The lowest BCUT2D eigenvalue weighted by Crippen LogP contribution is -2.54. The van der Waals surface area contributed by atoms with Gasteiger partial charge in [-0.1, -0.05) is 13.8 Å². The van der Waals surface area contributed by atoms with E-state index in [1.54, 1.807) is 13.0 Å². The number of nitrogens with one attached hydrogen (secondary N) is 1. The molecule has 2 N–H and O–H groups in total. The smallest absolute Gasteiger partial charge is 0.329 e. The Balaban J connectivity index is 2.40. The number of hydrogen-bond acceptors (Lipinski definition) is 2. The minimum atomic E-state index is -1.02. The molecular weight excluding hydrogens is 245 g/mol. The van der Waals surface area contributed by atoms with Crippen molar-refractivity contribution in [3.8, 4) is 0 Å². The van der Waals surface area contributed by atoms with Gasteiger partial charge in [-0.05, 0) is 55.4 Å². The van der Waals surface area contributed by atoms with Gasteiger partial charge in [0.15, 0.2) is 0 Å². The molecule has 0 radical (unpaired) electrons. The molecule has 1 aromatic carbocycles. The van der Waals surface area contributed by atoms with Gasteiger partial charge in [-0.3, -0.25) is 0 Å². The number of hydrogen-bond donors (Lipinski definition) is 2. The minimum absolute atomic E-state index is 0.348. The van der Waals surface area contributed by atoms with Crippen LogP contribution in [0.15, 0.2) is 18.2 Å². The molecule has 1 fully saturated rings. The summed E-state index contributed by atoms with van der Waals surface area (Å²) in [5.41, 5.74) is -0.0690. The van der Waals surface area contributed by atoms with Crippen molar-refractivity contribution >= 4 is 11.7 Å². The van der Waals surface area contributed by atoms with E-state index in [-0.39, 0.29) is 11.2 Å². The van der Waals surface area contributed by atoms with Crippen molar-refractivity contribution in [2.45, 2.75) is 45.6 Å². The summed E-state index contributed by atoms with van der Waals surface area (Å²) >= 11 is 0. The summed E-state index contributed by atoms with van der Waals surface area (Å²) in [5, 5.41) is 12.7. The summed E-state index contributed by atoms with van der Waals surface area (Å²) in [6, 6.07) is 4.56. The Bertz CT molecular complexity index is 493. The van der Waals surface area contributed by atoms with Gasteiger partial charge in [-0.2, -0.15) is 0 Å². The van der Waals surface area contributed by atoms with Crippen LogP contribution in [0.3, 0.4) is 0 Å². The normalized spacial score (nSPS) is 25.3. The van der Waals surface area contributed by atoms with Crippen LogP contribution in [0.4, 0.5) is 10.1 Å². The molecule has 19 heavy (non-hydrogen) atoms. The molecule has 0 saturated heterocycles.